The Labute approximate surface area is 233 Å². The van der Waals surface area contributed by atoms with Gasteiger partial charge < -0.3 is 30.1 Å². The van der Waals surface area contributed by atoms with Crippen molar-refractivity contribution in [3.63, 3.8) is 0 Å². The lowest BCUT2D eigenvalue weighted by molar-refractivity contribution is -0.165. The summed E-state index contributed by atoms with van der Waals surface area (Å²) in [6, 6.07) is 7.81. The lowest BCUT2D eigenvalue weighted by Crippen LogP contribution is -2.39. The van der Waals surface area contributed by atoms with Crippen molar-refractivity contribution < 1.29 is 44.3 Å². The Balaban J connectivity index is 0.000000432. The van der Waals surface area contributed by atoms with Gasteiger partial charge in [-0.2, -0.15) is 0 Å². The van der Waals surface area contributed by atoms with E-state index < -0.39 is 24.1 Å². The van der Waals surface area contributed by atoms with Crippen molar-refractivity contribution in [2.75, 3.05) is 32.5 Å². The highest BCUT2D eigenvalue weighted by molar-refractivity contribution is 8.77. The van der Waals surface area contributed by atoms with Crippen LogP contribution in [0.15, 0.2) is 24.3 Å². The molecule has 0 aliphatic carbocycles. The average molecular weight is 591 g/mol. The molecule has 4 atom stereocenters. The Morgan fingerprint density at radius 1 is 1.08 bits per heavy atom. The zero-order valence-corrected chi connectivity index (χ0v) is 23.4. The van der Waals surface area contributed by atoms with E-state index in [4.69, 9.17) is 25.2 Å². The molecule has 0 radical (unpaired) electrons. The van der Waals surface area contributed by atoms with Crippen molar-refractivity contribution >= 4 is 56.4 Å². The molecule has 0 saturated carbocycles. The quantitative estimate of drug-likeness (QED) is 0.158. The molecule has 4 unspecified atom stereocenters. The average Bonchev–Trinajstić information content (AvgIpc) is 3.51. The maximum absolute atomic E-state index is 11.6. The van der Waals surface area contributed by atoms with Crippen molar-refractivity contribution in [3.8, 4) is 5.75 Å². The van der Waals surface area contributed by atoms with Crippen molar-refractivity contribution in [2.45, 2.75) is 54.8 Å². The zero-order chi connectivity index (χ0) is 28.1. The summed E-state index contributed by atoms with van der Waals surface area (Å²) in [4.78, 5) is 44.7. The van der Waals surface area contributed by atoms with Crippen LogP contribution in [-0.4, -0.2) is 104 Å². The number of ether oxygens (including phenoxy) is 1. The smallest absolute Gasteiger partial charge is 0.335 e. The molecule has 5 N–H and O–H groups in total. The number of hydrogen-bond acceptors (Lipinski definition) is 11. The largest absolute Gasteiger partial charge is 0.492 e. The lowest BCUT2D eigenvalue weighted by Gasteiger charge is -2.17. The highest BCUT2D eigenvalue weighted by atomic mass is 33.1. The molecule has 1 aromatic carbocycles. The first-order valence-corrected chi connectivity index (χ1v) is 15.3. The summed E-state index contributed by atoms with van der Waals surface area (Å²) in [7, 11) is 6.24. The van der Waals surface area contributed by atoms with Gasteiger partial charge in [-0.3, -0.25) is 14.9 Å². The van der Waals surface area contributed by atoms with Crippen LogP contribution in [-0.2, 0) is 20.8 Å². The van der Waals surface area contributed by atoms with Crippen LogP contribution in [0.4, 0.5) is 4.79 Å². The Morgan fingerprint density at radius 3 is 2.26 bits per heavy atom. The van der Waals surface area contributed by atoms with Crippen LogP contribution in [0.5, 0.6) is 5.75 Å². The number of unbranched alkanes of at least 4 members (excludes halogenated alkanes) is 1. The molecule has 11 nitrogen and oxygen atoms in total. The first-order chi connectivity index (χ1) is 18.1. The molecular formula is C24H34N2O9S3. The Morgan fingerprint density at radius 2 is 1.74 bits per heavy atom. The van der Waals surface area contributed by atoms with E-state index in [0.29, 0.717) is 13.0 Å². The number of nitrogens with one attached hydrogen (secondary N) is 1. The zero-order valence-electron chi connectivity index (χ0n) is 21.0. The number of benzene rings is 1. The van der Waals surface area contributed by atoms with Gasteiger partial charge in [-0.05, 0) is 57.0 Å². The molecule has 2 aliphatic rings. The fourth-order valence-electron chi connectivity index (χ4n) is 3.48. The Hall–Kier alpha value is -1.97. The first kappa shape index (κ1) is 32.2. The molecule has 2 fully saturated rings. The fraction of sp³-hybridized carbons (Fsp3) is 0.583. The molecule has 38 heavy (non-hydrogen) atoms. The predicted molar refractivity (Wildman–Crippen MR) is 148 cm³/mol. The number of aliphatic carboxylic acids is 2. The lowest BCUT2D eigenvalue weighted by atomic mass is 10.1. The number of amides is 2. The molecule has 0 spiro atoms. The molecule has 0 bridgehead atoms. The van der Waals surface area contributed by atoms with Gasteiger partial charge in [0.05, 0.1) is 5.25 Å². The molecule has 2 aliphatic heterocycles. The number of hydrogen-bond donors (Lipinski definition) is 5. The molecule has 2 heterocycles. The molecule has 212 valence electrons. The maximum atomic E-state index is 11.6. The number of rotatable bonds is 14. The second-order valence-electron chi connectivity index (χ2n) is 8.77. The number of thioether (sulfide) groups is 1. The van der Waals surface area contributed by atoms with Crippen molar-refractivity contribution in [1.82, 2.24) is 10.2 Å². The summed E-state index contributed by atoms with van der Waals surface area (Å²) in [6.07, 6.45) is 1.32. The summed E-state index contributed by atoms with van der Waals surface area (Å²) >= 11 is 1.07. The second-order valence-corrected chi connectivity index (χ2v) is 12.7. The van der Waals surface area contributed by atoms with Gasteiger partial charge in [0.2, 0.25) is 5.91 Å². The topological polar surface area (TPSA) is 174 Å². The molecule has 2 amide bonds. The highest BCUT2D eigenvalue weighted by Gasteiger charge is 2.31. The van der Waals surface area contributed by atoms with Gasteiger partial charge in [-0.25, -0.2) is 9.59 Å². The van der Waals surface area contributed by atoms with Gasteiger partial charge in [0.15, 0.2) is 12.2 Å². The van der Waals surface area contributed by atoms with E-state index in [-0.39, 0.29) is 16.4 Å². The molecule has 14 heteroatoms. The van der Waals surface area contributed by atoms with Gasteiger partial charge >= 0.3 is 11.9 Å². The van der Waals surface area contributed by atoms with Crippen LogP contribution >= 0.6 is 33.3 Å². The van der Waals surface area contributed by atoms with Gasteiger partial charge in [0.25, 0.3) is 5.24 Å². The maximum Gasteiger partial charge on any atom is 0.335 e. The number of carbonyl (C=O) groups excluding carboxylic acids is 2. The fourth-order valence-corrected chi connectivity index (χ4v) is 7.37. The third kappa shape index (κ3) is 11.8. The molecule has 1 aromatic rings. The van der Waals surface area contributed by atoms with Crippen molar-refractivity contribution in [3.05, 3.63) is 29.8 Å². The third-order valence-electron chi connectivity index (χ3n) is 5.70. The summed E-state index contributed by atoms with van der Waals surface area (Å²) in [5.41, 5.74) is 1.03. The number of carboxylic acids is 2. The van der Waals surface area contributed by atoms with E-state index in [1.807, 2.05) is 35.1 Å². The Kier molecular flexibility index (Phi) is 14.3. The van der Waals surface area contributed by atoms with Crippen LogP contribution in [0.3, 0.4) is 0 Å². The number of aliphatic hydroxyl groups excluding tert-OH is 2. The van der Waals surface area contributed by atoms with E-state index in [2.05, 4.69) is 28.1 Å². The summed E-state index contributed by atoms with van der Waals surface area (Å²) in [5, 5.41) is 35.2. The SMILES string of the molecule is CN(CCCCC1CCSS1)CCOc1ccc(CC2SC(=O)NC2=O)cc1.O=C(O)C(O)C(O)C(=O)O. The second kappa shape index (κ2) is 16.9. The minimum absolute atomic E-state index is 0.195. The first-order valence-electron chi connectivity index (χ1n) is 12.1. The summed E-state index contributed by atoms with van der Waals surface area (Å²) in [5.74, 6) is -1.57. The Bertz CT molecular complexity index is 911. The number of carboxylic acid groups (broad SMARTS) is 2. The van der Waals surface area contributed by atoms with Gasteiger partial charge in [-0.15, -0.1) is 0 Å². The van der Waals surface area contributed by atoms with Crippen LogP contribution in [0.1, 0.15) is 31.2 Å². The number of likely N-dealkylation sites (N-methyl/N-ethyl adjacent to an activating group) is 1. The van der Waals surface area contributed by atoms with E-state index in [1.165, 1.54) is 31.4 Å². The van der Waals surface area contributed by atoms with Crippen LogP contribution in [0.25, 0.3) is 0 Å². The van der Waals surface area contributed by atoms with Crippen LogP contribution in [0.2, 0.25) is 0 Å². The van der Waals surface area contributed by atoms with E-state index in [0.717, 1.165) is 41.4 Å². The predicted octanol–water partition coefficient (Wildman–Crippen LogP) is 2.09. The van der Waals surface area contributed by atoms with Gasteiger partial charge in [0.1, 0.15) is 12.4 Å². The number of carbonyl (C=O) groups is 4. The molecular weight excluding hydrogens is 556 g/mol. The molecule has 0 aromatic heterocycles. The monoisotopic (exact) mass is 590 g/mol. The standard InChI is InChI=1S/C20H28N2O3S3.C4H6O6/c1-22(10-3-2-4-17-9-13-26-28-17)11-12-25-16-7-5-15(6-8-16)14-18-19(23)21-20(24)27-18;5-1(3(7)8)2(6)4(9)10/h5-8,17-18H,2-4,9-14H2,1H3,(H,21,23,24);1-2,5-6H,(H,7,8)(H,9,10). The number of imide groups is 1. The van der Waals surface area contributed by atoms with Gasteiger partial charge in [0, 0.05) is 17.5 Å². The van der Waals surface area contributed by atoms with E-state index >= 15 is 0 Å². The highest BCUT2D eigenvalue weighted by Crippen LogP contribution is 2.39. The van der Waals surface area contributed by atoms with E-state index in [1.54, 1.807) is 0 Å². The summed E-state index contributed by atoms with van der Waals surface area (Å²) < 4.78 is 5.84. The minimum Gasteiger partial charge on any atom is -0.492 e. The van der Waals surface area contributed by atoms with Crippen LogP contribution < -0.4 is 10.1 Å². The normalized spacial score (nSPS) is 20.4. The van der Waals surface area contributed by atoms with E-state index in [9.17, 15) is 19.2 Å². The molecule has 3 rings (SSSR count). The van der Waals surface area contributed by atoms with Gasteiger partial charge in [-0.1, -0.05) is 51.9 Å². The third-order valence-corrected chi connectivity index (χ3v) is 9.69. The number of aliphatic hydroxyl groups is 2. The summed E-state index contributed by atoms with van der Waals surface area (Å²) in [6.45, 7) is 2.70. The molecule has 2 saturated heterocycles. The van der Waals surface area contributed by atoms with Crippen molar-refractivity contribution in [2.24, 2.45) is 0 Å². The van der Waals surface area contributed by atoms with Crippen LogP contribution in [0, 0.1) is 0 Å². The number of nitrogens with zero attached hydrogens (tertiary/aromatic N) is 1. The minimum atomic E-state index is -2.27. The van der Waals surface area contributed by atoms with Crippen molar-refractivity contribution in [1.29, 1.82) is 0 Å².